The molecule has 1 fully saturated rings. The third kappa shape index (κ3) is 4.66. The second-order valence-corrected chi connectivity index (χ2v) is 7.50. The Hall–Kier alpha value is -2.21. The molecule has 2 N–H and O–H groups in total. The molecule has 0 aliphatic heterocycles. The van der Waals surface area contributed by atoms with Crippen molar-refractivity contribution in [2.75, 3.05) is 0 Å². The van der Waals surface area contributed by atoms with Gasteiger partial charge in [-0.2, -0.15) is 0 Å². The second-order valence-electron chi connectivity index (χ2n) is 6.64. The number of carbonyl (C=O) groups excluding carboxylic acids is 1. The summed E-state index contributed by atoms with van der Waals surface area (Å²) in [5.74, 6) is -1.03. The number of nitrogens with zero attached hydrogens (tertiary/aromatic N) is 1. The van der Waals surface area contributed by atoms with E-state index >= 15 is 0 Å². The number of hydrogen-bond acceptors (Lipinski definition) is 4. The number of benzene rings is 1. The maximum absolute atomic E-state index is 12.2. The summed E-state index contributed by atoms with van der Waals surface area (Å²) < 4.78 is 0. The number of carboxylic acid groups (broad SMARTS) is 1. The van der Waals surface area contributed by atoms with Gasteiger partial charge in [0.05, 0.1) is 18.0 Å². The maximum Gasteiger partial charge on any atom is 0.306 e. The Balaban J connectivity index is 1.53. The van der Waals surface area contributed by atoms with Gasteiger partial charge in [0.2, 0.25) is 5.91 Å². The fourth-order valence-corrected chi connectivity index (χ4v) is 4.04. The van der Waals surface area contributed by atoms with Crippen molar-refractivity contribution >= 4 is 23.2 Å². The number of hydrogen-bond donors (Lipinski definition) is 2. The topological polar surface area (TPSA) is 79.3 Å². The summed E-state index contributed by atoms with van der Waals surface area (Å²) >= 11 is 1.55. The Morgan fingerprint density at radius 3 is 2.72 bits per heavy atom. The summed E-state index contributed by atoms with van der Waals surface area (Å²) in [4.78, 5) is 27.8. The lowest BCUT2D eigenvalue weighted by Crippen LogP contribution is -2.39. The van der Waals surface area contributed by atoms with E-state index in [0.717, 1.165) is 29.1 Å². The van der Waals surface area contributed by atoms with E-state index in [9.17, 15) is 9.59 Å². The monoisotopic (exact) mass is 358 g/mol. The molecule has 1 amide bonds. The van der Waals surface area contributed by atoms with E-state index in [1.54, 1.807) is 11.3 Å². The van der Waals surface area contributed by atoms with E-state index in [0.29, 0.717) is 12.8 Å². The molecule has 0 bridgehead atoms. The van der Waals surface area contributed by atoms with Gasteiger partial charge in [0.1, 0.15) is 5.01 Å². The van der Waals surface area contributed by atoms with E-state index in [1.807, 2.05) is 30.5 Å². The van der Waals surface area contributed by atoms with Crippen LogP contribution in [0.5, 0.6) is 0 Å². The van der Waals surface area contributed by atoms with Crippen LogP contribution < -0.4 is 5.32 Å². The first-order valence-corrected chi connectivity index (χ1v) is 9.43. The quantitative estimate of drug-likeness (QED) is 0.858. The number of nitrogens with one attached hydrogen (secondary N) is 1. The number of aromatic nitrogens is 1. The van der Waals surface area contributed by atoms with Crippen LogP contribution in [0.1, 0.15) is 36.9 Å². The predicted molar refractivity (Wildman–Crippen MR) is 97.5 cm³/mol. The van der Waals surface area contributed by atoms with Crippen molar-refractivity contribution in [1.29, 1.82) is 0 Å². The zero-order valence-corrected chi connectivity index (χ0v) is 15.0. The third-order valence-electron chi connectivity index (χ3n) is 4.60. The molecular formula is C19H22N2O3S. The fourth-order valence-electron chi connectivity index (χ4n) is 3.23. The standard InChI is InChI=1S/C19H22N2O3S/c1-12-3-2-4-14(9-12)18-21-16(11-25-18)10-17(22)20-15-7-5-13(6-8-15)19(23)24/h2-4,9,11,13,15H,5-8,10H2,1H3,(H,20,22)(H,23,24). The molecule has 1 aromatic heterocycles. The van der Waals surface area contributed by atoms with Crippen molar-refractivity contribution in [1.82, 2.24) is 10.3 Å². The molecule has 1 heterocycles. The molecule has 25 heavy (non-hydrogen) atoms. The first-order valence-electron chi connectivity index (χ1n) is 8.55. The number of rotatable bonds is 5. The van der Waals surface area contributed by atoms with Crippen LogP contribution in [0.2, 0.25) is 0 Å². The van der Waals surface area contributed by atoms with Gasteiger partial charge in [-0.1, -0.05) is 23.8 Å². The molecule has 0 radical (unpaired) electrons. The first kappa shape index (κ1) is 17.6. The van der Waals surface area contributed by atoms with Gasteiger partial charge in [-0.3, -0.25) is 9.59 Å². The number of carboxylic acids is 1. The van der Waals surface area contributed by atoms with E-state index in [1.165, 1.54) is 5.56 Å². The van der Waals surface area contributed by atoms with Crippen LogP contribution >= 0.6 is 11.3 Å². The van der Waals surface area contributed by atoms with Crippen LogP contribution in [0.15, 0.2) is 29.6 Å². The van der Waals surface area contributed by atoms with Gasteiger partial charge in [-0.15, -0.1) is 11.3 Å². The Morgan fingerprint density at radius 1 is 1.28 bits per heavy atom. The van der Waals surface area contributed by atoms with Crippen molar-refractivity contribution in [3.05, 3.63) is 40.9 Å². The number of thiazole rings is 1. The number of amides is 1. The molecule has 1 aliphatic carbocycles. The van der Waals surface area contributed by atoms with Gasteiger partial charge in [0, 0.05) is 17.0 Å². The molecule has 5 nitrogen and oxygen atoms in total. The minimum atomic E-state index is -0.726. The molecule has 1 saturated carbocycles. The molecular weight excluding hydrogens is 336 g/mol. The summed E-state index contributed by atoms with van der Waals surface area (Å²) in [6.45, 7) is 2.05. The second kappa shape index (κ2) is 7.78. The summed E-state index contributed by atoms with van der Waals surface area (Å²) in [6.07, 6.45) is 2.99. The van der Waals surface area contributed by atoms with Crippen LogP contribution in [-0.2, 0) is 16.0 Å². The summed E-state index contributed by atoms with van der Waals surface area (Å²) in [6, 6.07) is 8.24. The highest BCUT2D eigenvalue weighted by Gasteiger charge is 2.26. The van der Waals surface area contributed by atoms with Crippen molar-refractivity contribution in [2.45, 2.75) is 45.1 Å². The van der Waals surface area contributed by atoms with Gasteiger partial charge in [-0.05, 0) is 38.7 Å². The number of aliphatic carboxylic acids is 1. The number of aryl methyl sites for hydroxylation is 1. The van der Waals surface area contributed by atoms with Crippen LogP contribution in [0.25, 0.3) is 10.6 Å². The summed E-state index contributed by atoms with van der Waals surface area (Å²) in [5.41, 5.74) is 3.03. The molecule has 2 aromatic rings. The normalized spacial score (nSPS) is 20.2. The molecule has 0 unspecified atom stereocenters. The molecule has 3 rings (SSSR count). The van der Waals surface area contributed by atoms with Crippen LogP contribution in [-0.4, -0.2) is 28.0 Å². The average molecular weight is 358 g/mol. The smallest absolute Gasteiger partial charge is 0.306 e. The highest BCUT2D eigenvalue weighted by molar-refractivity contribution is 7.13. The molecule has 0 atom stereocenters. The van der Waals surface area contributed by atoms with E-state index in [4.69, 9.17) is 5.11 Å². The van der Waals surface area contributed by atoms with E-state index < -0.39 is 5.97 Å². The molecule has 132 valence electrons. The Kier molecular flexibility index (Phi) is 5.48. The molecule has 6 heteroatoms. The average Bonchev–Trinajstić information content (AvgIpc) is 3.03. The van der Waals surface area contributed by atoms with Gasteiger partial charge >= 0.3 is 5.97 Å². The first-order chi connectivity index (χ1) is 12.0. The molecule has 1 aromatic carbocycles. The van der Waals surface area contributed by atoms with Gasteiger partial charge < -0.3 is 10.4 Å². The van der Waals surface area contributed by atoms with Gasteiger partial charge in [0.15, 0.2) is 0 Å². The SMILES string of the molecule is Cc1cccc(-c2nc(CC(=O)NC3CCC(C(=O)O)CC3)cs2)c1. The molecule has 1 aliphatic rings. The molecule has 0 spiro atoms. The lowest BCUT2D eigenvalue weighted by molar-refractivity contribution is -0.142. The van der Waals surface area contributed by atoms with Crippen molar-refractivity contribution in [3.63, 3.8) is 0 Å². The van der Waals surface area contributed by atoms with Crippen molar-refractivity contribution in [3.8, 4) is 10.6 Å². The predicted octanol–water partition coefficient (Wildman–Crippen LogP) is 3.42. The minimum absolute atomic E-state index is 0.0418. The minimum Gasteiger partial charge on any atom is -0.481 e. The zero-order chi connectivity index (χ0) is 17.8. The Bertz CT molecular complexity index is 764. The van der Waals surface area contributed by atoms with Crippen LogP contribution in [0, 0.1) is 12.8 Å². The zero-order valence-electron chi connectivity index (χ0n) is 14.2. The maximum atomic E-state index is 12.2. The third-order valence-corrected chi connectivity index (χ3v) is 5.54. The lowest BCUT2D eigenvalue weighted by Gasteiger charge is -2.26. The highest BCUT2D eigenvalue weighted by Crippen LogP contribution is 2.26. The van der Waals surface area contributed by atoms with Crippen LogP contribution in [0.4, 0.5) is 0 Å². The lowest BCUT2D eigenvalue weighted by atomic mass is 9.86. The van der Waals surface area contributed by atoms with Gasteiger partial charge in [-0.25, -0.2) is 4.98 Å². The van der Waals surface area contributed by atoms with E-state index in [-0.39, 0.29) is 24.3 Å². The fraction of sp³-hybridized carbons (Fsp3) is 0.421. The summed E-state index contributed by atoms with van der Waals surface area (Å²) in [5, 5.41) is 14.9. The number of carbonyl (C=O) groups is 2. The Morgan fingerprint density at radius 2 is 2.04 bits per heavy atom. The summed E-state index contributed by atoms with van der Waals surface area (Å²) in [7, 11) is 0. The highest BCUT2D eigenvalue weighted by atomic mass is 32.1. The van der Waals surface area contributed by atoms with Crippen molar-refractivity contribution in [2.24, 2.45) is 5.92 Å². The Labute approximate surface area is 151 Å². The van der Waals surface area contributed by atoms with E-state index in [2.05, 4.69) is 16.4 Å². The van der Waals surface area contributed by atoms with Gasteiger partial charge in [0.25, 0.3) is 0 Å². The van der Waals surface area contributed by atoms with Crippen molar-refractivity contribution < 1.29 is 14.7 Å². The largest absolute Gasteiger partial charge is 0.481 e. The molecule has 0 saturated heterocycles. The van der Waals surface area contributed by atoms with Crippen LogP contribution in [0.3, 0.4) is 0 Å².